The molecule has 0 aliphatic carbocycles. The molecule has 0 aromatic heterocycles. The van der Waals surface area contributed by atoms with Gasteiger partial charge in [-0.25, -0.2) is 0 Å². The molecule has 85 valence electrons. The number of hydrogen-bond donors (Lipinski definition) is 0. The molecule has 0 unspecified atom stereocenters. The van der Waals surface area contributed by atoms with Gasteiger partial charge in [-0.3, -0.25) is 0 Å². The Hall–Kier alpha value is 0.924. The molecule has 0 aromatic carbocycles. The van der Waals surface area contributed by atoms with E-state index >= 15 is 0 Å². The number of halogens is 1. The molecular formula is C10H22ClO2Ti. The van der Waals surface area contributed by atoms with Crippen molar-refractivity contribution in [1.29, 1.82) is 0 Å². The molecule has 0 atom stereocenters. The van der Waals surface area contributed by atoms with Crippen LogP contribution in [0.2, 0.25) is 0 Å². The molecule has 0 rings (SSSR count). The van der Waals surface area contributed by atoms with Gasteiger partial charge in [-0.1, -0.05) is 52.4 Å². The Bertz CT molecular complexity index is 50.1. The fourth-order valence-electron chi connectivity index (χ4n) is 0.704. The molecule has 0 fully saturated rings. The Labute approximate surface area is 110 Å². The Morgan fingerprint density at radius 2 is 1.00 bits per heavy atom. The van der Waals surface area contributed by atoms with Gasteiger partial charge in [0.05, 0.1) is 0 Å². The van der Waals surface area contributed by atoms with E-state index in [0.29, 0.717) is 0 Å². The molecule has 0 aliphatic rings. The summed E-state index contributed by atoms with van der Waals surface area (Å²) in [5.41, 5.74) is 0. The molecule has 0 saturated carbocycles. The summed E-state index contributed by atoms with van der Waals surface area (Å²) in [4.78, 5) is 0. The molecule has 0 spiro atoms. The third-order valence-electron chi connectivity index (χ3n) is 1.50. The summed E-state index contributed by atoms with van der Waals surface area (Å²) in [6.45, 7) is 4.40. The van der Waals surface area contributed by atoms with Crippen molar-refractivity contribution in [3.05, 3.63) is 0 Å². The molecule has 14 heavy (non-hydrogen) atoms. The summed E-state index contributed by atoms with van der Waals surface area (Å²) < 4.78 is 0. The Morgan fingerprint density at radius 3 is 1.07 bits per heavy atom. The molecular weight excluding hydrogens is 235 g/mol. The van der Waals surface area contributed by atoms with E-state index < -0.39 is 0 Å². The van der Waals surface area contributed by atoms with Gasteiger partial charge in [-0.05, 0) is 0 Å². The minimum absolute atomic E-state index is 0. The van der Waals surface area contributed by atoms with E-state index in [9.17, 15) is 10.2 Å². The van der Waals surface area contributed by atoms with Crippen molar-refractivity contribution in [2.75, 3.05) is 13.2 Å². The molecule has 0 aliphatic heterocycles. The van der Waals surface area contributed by atoms with E-state index in [-0.39, 0.29) is 47.3 Å². The fourth-order valence-corrected chi connectivity index (χ4v) is 0.704. The van der Waals surface area contributed by atoms with Crippen LogP contribution >= 0.6 is 0 Å². The van der Waals surface area contributed by atoms with Crippen LogP contribution < -0.4 is 22.6 Å². The summed E-state index contributed by atoms with van der Waals surface area (Å²) in [5, 5.41) is 19.4. The minimum atomic E-state index is 0. The van der Waals surface area contributed by atoms with Gasteiger partial charge >= 0.3 is 21.7 Å². The van der Waals surface area contributed by atoms with Gasteiger partial charge in [-0.15, -0.1) is 13.2 Å². The molecule has 0 bridgehead atoms. The Morgan fingerprint density at radius 1 is 0.714 bits per heavy atom. The van der Waals surface area contributed by atoms with Crippen molar-refractivity contribution in [2.24, 2.45) is 0 Å². The molecule has 0 amide bonds. The van der Waals surface area contributed by atoms with Crippen molar-refractivity contribution in [1.82, 2.24) is 0 Å². The smallest absolute Gasteiger partial charge is 1.00 e. The van der Waals surface area contributed by atoms with Crippen LogP contribution in [0.5, 0.6) is 0 Å². The predicted octanol–water partition coefficient (Wildman–Crippen LogP) is -1.92. The standard InChI is InChI=1S/2C5H11O.ClH.Ti/c2*1-2-3-4-5-6;;/h2*2-5H2,1H3;1H;/q2*-1;;+3/p-1. The minimum Gasteiger partial charge on any atom is -1.00 e. The zero-order valence-corrected chi connectivity index (χ0v) is 11.7. The second-order valence-electron chi connectivity index (χ2n) is 2.82. The number of rotatable bonds is 6. The first kappa shape index (κ1) is 24.2. The summed E-state index contributed by atoms with van der Waals surface area (Å²) >= 11 is 0. The van der Waals surface area contributed by atoms with Crippen LogP contribution in [0, 0.1) is 0 Å². The van der Waals surface area contributed by atoms with Crippen LogP contribution in [0.15, 0.2) is 0 Å². The first-order valence-electron chi connectivity index (χ1n) is 4.99. The Kier molecular flexibility index (Phi) is 50.6. The molecule has 0 saturated heterocycles. The third-order valence-corrected chi connectivity index (χ3v) is 1.50. The topological polar surface area (TPSA) is 46.1 Å². The zero-order chi connectivity index (χ0) is 9.66. The van der Waals surface area contributed by atoms with Crippen LogP contribution in [0.25, 0.3) is 0 Å². The zero-order valence-electron chi connectivity index (χ0n) is 9.35. The van der Waals surface area contributed by atoms with E-state index in [1.807, 2.05) is 0 Å². The van der Waals surface area contributed by atoms with Crippen LogP contribution in [0.4, 0.5) is 0 Å². The average molecular weight is 258 g/mol. The number of unbranched alkanes of at least 4 members (excludes halogenated alkanes) is 4. The second kappa shape index (κ2) is 29.2. The third kappa shape index (κ3) is 38.3. The van der Waals surface area contributed by atoms with Gasteiger partial charge in [0, 0.05) is 0 Å². The van der Waals surface area contributed by atoms with E-state index in [1.165, 1.54) is 0 Å². The fraction of sp³-hybridized carbons (Fsp3) is 1.00. The largest absolute Gasteiger partial charge is 3.00 e. The monoisotopic (exact) mass is 257 g/mol. The van der Waals surface area contributed by atoms with Crippen molar-refractivity contribution in [3.63, 3.8) is 0 Å². The normalized spacial score (nSPS) is 7.71. The first-order chi connectivity index (χ1) is 5.83. The van der Waals surface area contributed by atoms with E-state index in [0.717, 1.165) is 38.5 Å². The maximum Gasteiger partial charge on any atom is 3.00 e. The molecule has 1 radical (unpaired) electrons. The molecule has 0 heterocycles. The summed E-state index contributed by atoms with van der Waals surface area (Å²) in [7, 11) is 0. The summed E-state index contributed by atoms with van der Waals surface area (Å²) in [6, 6.07) is 0. The van der Waals surface area contributed by atoms with E-state index in [4.69, 9.17) is 0 Å². The van der Waals surface area contributed by atoms with Gasteiger partial charge in [0.15, 0.2) is 0 Å². The van der Waals surface area contributed by atoms with Crippen LogP contribution in [-0.4, -0.2) is 13.2 Å². The van der Waals surface area contributed by atoms with E-state index in [2.05, 4.69) is 13.8 Å². The second-order valence-corrected chi connectivity index (χ2v) is 2.82. The first-order valence-corrected chi connectivity index (χ1v) is 4.99. The molecule has 4 heteroatoms. The van der Waals surface area contributed by atoms with Crippen molar-refractivity contribution < 1.29 is 44.3 Å². The predicted molar refractivity (Wildman–Crippen MR) is 48.8 cm³/mol. The van der Waals surface area contributed by atoms with Crippen molar-refractivity contribution >= 4 is 0 Å². The van der Waals surface area contributed by atoms with Crippen LogP contribution in [-0.2, 0) is 21.7 Å². The van der Waals surface area contributed by atoms with Gasteiger partial charge in [0.2, 0.25) is 0 Å². The quantitative estimate of drug-likeness (QED) is 0.411. The van der Waals surface area contributed by atoms with Crippen LogP contribution in [0.3, 0.4) is 0 Å². The van der Waals surface area contributed by atoms with E-state index in [1.54, 1.807) is 0 Å². The molecule has 0 aromatic rings. The maximum atomic E-state index is 9.69. The average Bonchev–Trinajstić information content (AvgIpc) is 2.12. The summed E-state index contributed by atoms with van der Waals surface area (Å²) in [6.07, 6.45) is 6.23. The Balaban J connectivity index is -0.0000000625. The van der Waals surface area contributed by atoms with Gasteiger partial charge in [0.1, 0.15) is 0 Å². The van der Waals surface area contributed by atoms with Crippen molar-refractivity contribution in [2.45, 2.75) is 52.4 Å². The SMILES string of the molecule is CCCCC[O-].CCCCC[O-].[Cl-].[Ti+3]. The molecule has 2 nitrogen and oxygen atoms in total. The number of hydrogen-bond acceptors (Lipinski definition) is 2. The van der Waals surface area contributed by atoms with Crippen molar-refractivity contribution in [3.8, 4) is 0 Å². The van der Waals surface area contributed by atoms with Crippen LogP contribution in [0.1, 0.15) is 52.4 Å². The summed E-state index contributed by atoms with van der Waals surface area (Å²) in [5.74, 6) is 0. The van der Waals surface area contributed by atoms with Gasteiger partial charge in [0.25, 0.3) is 0 Å². The molecule has 0 N–H and O–H groups in total. The maximum absolute atomic E-state index is 9.69. The van der Waals surface area contributed by atoms with Gasteiger partial charge in [-0.2, -0.15) is 0 Å². The van der Waals surface area contributed by atoms with Gasteiger partial charge < -0.3 is 22.6 Å².